The highest BCUT2D eigenvalue weighted by atomic mass is 79.9. The van der Waals surface area contributed by atoms with Gasteiger partial charge in [-0.2, -0.15) is 0 Å². The zero-order chi connectivity index (χ0) is 13.9. The Morgan fingerprint density at radius 3 is 2.85 bits per heavy atom. The van der Waals surface area contributed by atoms with Crippen LogP contribution in [0.4, 0.5) is 5.69 Å². The van der Waals surface area contributed by atoms with E-state index in [4.69, 9.17) is 4.74 Å². The molecule has 0 heterocycles. The number of benzene rings is 2. The first-order chi connectivity index (χ1) is 9.79. The van der Waals surface area contributed by atoms with Gasteiger partial charge in [0.2, 0.25) is 0 Å². The Kier molecular flexibility index (Phi) is 4.08. The average molecular weight is 332 g/mol. The van der Waals surface area contributed by atoms with Gasteiger partial charge in [-0.3, -0.25) is 0 Å². The molecule has 0 saturated heterocycles. The standard InChI is InChI=1S/C17H18BrNO/c1-20-11-15-16(18)7-4-8-17(15)19-10-13-9-12-5-2-3-6-14(12)13/h2-8,13,19H,9-11H2,1H3. The highest BCUT2D eigenvalue weighted by molar-refractivity contribution is 9.10. The van der Waals surface area contributed by atoms with Crippen LogP contribution in [0, 0.1) is 0 Å². The number of hydrogen-bond donors (Lipinski definition) is 1. The molecule has 0 spiro atoms. The van der Waals surface area contributed by atoms with Crippen molar-refractivity contribution in [2.75, 3.05) is 19.0 Å². The number of anilines is 1. The third-order valence-corrected chi connectivity index (χ3v) is 4.65. The Balaban J connectivity index is 1.69. The minimum atomic E-state index is 0.616. The fourth-order valence-electron chi connectivity index (χ4n) is 2.79. The second kappa shape index (κ2) is 5.98. The summed E-state index contributed by atoms with van der Waals surface area (Å²) in [5.74, 6) is 0.626. The fourth-order valence-corrected chi connectivity index (χ4v) is 3.27. The Morgan fingerprint density at radius 1 is 1.20 bits per heavy atom. The molecule has 1 unspecified atom stereocenters. The number of hydrogen-bond acceptors (Lipinski definition) is 2. The molecule has 1 atom stereocenters. The van der Waals surface area contributed by atoms with Gasteiger partial charge in [-0.15, -0.1) is 0 Å². The molecule has 3 heteroatoms. The van der Waals surface area contributed by atoms with E-state index in [-0.39, 0.29) is 0 Å². The summed E-state index contributed by atoms with van der Waals surface area (Å²) in [4.78, 5) is 0. The molecule has 0 aliphatic heterocycles. The summed E-state index contributed by atoms with van der Waals surface area (Å²) in [5, 5.41) is 3.57. The Hall–Kier alpha value is -1.32. The summed E-state index contributed by atoms with van der Waals surface area (Å²) in [5.41, 5.74) is 5.32. The zero-order valence-electron chi connectivity index (χ0n) is 11.5. The Labute approximate surface area is 128 Å². The average Bonchev–Trinajstić information content (AvgIpc) is 2.43. The third kappa shape index (κ3) is 2.60. The maximum Gasteiger partial charge on any atom is 0.0744 e. The first kappa shape index (κ1) is 13.7. The summed E-state index contributed by atoms with van der Waals surface area (Å²) in [6.07, 6.45) is 1.18. The summed E-state index contributed by atoms with van der Waals surface area (Å²) >= 11 is 3.59. The molecule has 0 amide bonds. The van der Waals surface area contributed by atoms with Crippen LogP contribution in [0.15, 0.2) is 46.9 Å². The molecule has 1 aliphatic rings. The van der Waals surface area contributed by atoms with Gasteiger partial charge in [0.15, 0.2) is 0 Å². The van der Waals surface area contributed by atoms with Crippen molar-refractivity contribution in [1.29, 1.82) is 0 Å². The van der Waals surface area contributed by atoms with Crippen LogP contribution in [-0.4, -0.2) is 13.7 Å². The Morgan fingerprint density at radius 2 is 2.05 bits per heavy atom. The lowest BCUT2D eigenvalue weighted by atomic mass is 9.77. The lowest BCUT2D eigenvalue weighted by Crippen LogP contribution is -2.24. The maximum atomic E-state index is 5.28. The van der Waals surface area contributed by atoms with Gasteiger partial charge in [-0.1, -0.05) is 46.3 Å². The summed E-state index contributed by atoms with van der Waals surface area (Å²) in [7, 11) is 1.73. The van der Waals surface area contributed by atoms with E-state index in [0.29, 0.717) is 12.5 Å². The smallest absolute Gasteiger partial charge is 0.0744 e. The molecule has 0 aromatic heterocycles. The summed E-state index contributed by atoms with van der Waals surface area (Å²) in [6.45, 7) is 1.59. The molecule has 2 aromatic rings. The Bertz CT molecular complexity index is 612. The molecule has 1 aliphatic carbocycles. The van der Waals surface area contributed by atoms with Crippen LogP contribution >= 0.6 is 15.9 Å². The largest absolute Gasteiger partial charge is 0.384 e. The van der Waals surface area contributed by atoms with E-state index in [9.17, 15) is 0 Å². The number of nitrogens with one attached hydrogen (secondary N) is 1. The fraction of sp³-hybridized carbons (Fsp3) is 0.294. The van der Waals surface area contributed by atoms with Crippen molar-refractivity contribution in [2.45, 2.75) is 18.9 Å². The molecule has 2 aromatic carbocycles. The molecule has 1 N–H and O–H groups in total. The number of methoxy groups -OCH3 is 1. The molecule has 104 valence electrons. The van der Waals surface area contributed by atoms with Crippen LogP contribution in [0.3, 0.4) is 0 Å². The maximum absolute atomic E-state index is 5.28. The minimum Gasteiger partial charge on any atom is -0.384 e. The van der Waals surface area contributed by atoms with Crippen LogP contribution in [0.25, 0.3) is 0 Å². The number of ether oxygens (including phenoxy) is 1. The van der Waals surface area contributed by atoms with Gasteiger partial charge in [0, 0.05) is 35.3 Å². The van der Waals surface area contributed by atoms with E-state index < -0.39 is 0 Å². The van der Waals surface area contributed by atoms with Crippen molar-refractivity contribution in [3.63, 3.8) is 0 Å². The second-order valence-electron chi connectivity index (χ2n) is 5.18. The number of halogens is 1. The lowest BCUT2D eigenvalue weighted by molar-refractivity contribution is 0.185. The third-order valence-electron chi connectivity index (χ3n) is 3.91. The molecule has 2 nitrogen and oxygen atoms in total. The highest BCUT2D eigenvalue weighted by Gasteiger charge is 2.25. The van der Waals surface area contributed by atoms with Gasteiger partial charge in [-0.05, 0) is 29.7 Å². The molecular weight excluding hydrogens is 314 g/mol. The highest BCUT2D eigenvalue weighted by Crippen LogP contribution is 2.35. The van der Waals surface area contributed by atoms with Crippen LogP contribution in [-0.2, 0) is 17.8 Å². The van der Waals surface area contributed by atoms with Gasteiger partial charge < -0.3 is 10.1 Å². The van der Waals surface area contributed by atoms with E-state index in [2.05, 4.69) is 63.7 Å². The van der Waals surface area contributed by atoms with E-state index in [1.54, 1.807) is 7.11 Å². The summed E-state index contributed by atoms with van der Waals surface area (Å²) < 4.78 is 6.38. The minimum absolute atomic E-state index is 0.616. The second-order valence-corrected chi connectivity index (χ2v) is 6.03. The van der Waals surface area contributed by atoms with Crippen molar-refractivity contribution in [3.8, 4) is 0 Å². The van der Waals surface area contributed by atoms with Crippen LogP contribution < -0.4 is 5.32 Å². The lowest BCUT2D eigenvalue weighted by Gasteiger charge is -2.30. The van der Waals surface area contributed by atoms with Crippen LogP contribution in [0.5, 0.6) is 0 Å². The first-order valence-electron chi connectivity index (χ1n) is 6.87. The van der Waals surface area contributed by atoms with E-state index in [1.165, 1.54) is 23.1 Å². The molecule has 0 bridgehead atoms. The van der Waals surface area contributed by atoms with Crippen molar-refractivity contribution < 1.29 is 4.74 Å². The quantitative estimate of drug-likeness (QED) is 0.879. The van der Waals surface area contributed by atoms with Gasteiger partial charge >= 0.3 is 0 Å². The normalized spacial score (nSPS) is 16.4. The van der Waals surface area contributed by atoms with Gasteiger partial charge in [0.05, 0.1) is 6.61 Å². The molecule has 20 heavy (non-hydrogen) atoms. The summed E-state index contributed by atoms with van der Waals surface area (Å²) in [6, 6.07) is 14.9. The van der Waals surface area contributed by atoms with E-state index in [1.807, 2.05) is 0 Å². The zero-order valence-corrected chi connectivity index (χ0v) is 13.1. The molecule has 0 saturated carbocycles. The molecule has 0 radical (unpaired) electrons. The van der Waals surface area contributed by atoms with E-state index >= 15 is 0 Å². The van der Waals surface area contributed by atoms with Gasteiger partial charge in [-0.25, -0.2) is 0 Å². The van der Waals surface area contributed by atoms with Crippen LogP contribution in [0.2, 0.25) is 0 Å². The number of fused-ring (bicyclic) bond motifs is 1. The predicted molar refractivity (Wildman–Crippen MR) is 86.2 cm³/mol. The van der Waals surface area contributed by atoms with E-state index in [0.717, 1.165) is 16.7 Å². The molecular formula is C17H18BrNO. The molecule has 0 fully saturated rings. The molecule has 3 rings (SSSR count). The van der Waals surface area contributed by atoms with Gasteiger partial charge in [0.25, 0.3) is 0 Å². The van der Waals surface area contributed by atoms with Crippen molar-refractivity contribution in [2.24, 2.45) is 0 Å². The monoisotopic (exact) mass is 331 g/mol. The van der Waals surface area contributed by atoms with Crippen molar-refractivity contribution in [3.05, 3.63) is 63.6 Å². The number of rotatable bonds is 5. The topological polar surface area (TPSA) is 21.3 Å². The first-order valence-corrected chi connectivity index (χ1v) is 7.67. The SMILES string of the molecule is COCc1c(Br)cccc1NCC1Cc2ccccc21. The predicted octanol–water partition coefficient (Wildman–Crippen LogP) is 4.35. The van der Waals surface area contributed by atoms with Crippen molar-refractivity contribution in [1.82, 2.24) is 0 Å². The van der Waals surface area contributed by atoms with Crippen molar-refractivity contribution >= 4 is 21.6 Å². The van der Waals surface area contributed by atoms with Gasteiger partial charge in [0.1, 0.15) is 0 Å². The van der Waals surface area contributed by atoms with Crippen LogP contribution in [0.1, 0.15) is 22.6 Å².